The summed E-state index contributed by atoms with van der Waals surface area (Å²) in [6, 6.07) is 16.1. The third-order valence-electron chi connectivity index (χ3n) is 3.86. The molecule has 0 aromatic heterocycles. The molecule has 0 fully saturated rings. The molecule has 0 saturated heterocycles. The Labute approximate surface area is 135 Å². The largest absolute Gasteiger partial charge is 0.497 e. The molecule has 22 heavy (non-hydrogen) atoms. The lowest BCUT2D eigenvalue weighted by Gasteiger charge is -2.33. The predicted molar refractivity (Wildman–Crippen MR) is 90.8 cm³/mol. The number of nitrogens with zero attached hydrogens (tertiary/aromatic N) is 1. The number of benzene rings is 2. The van der Waals surface area contributed by atoms with Crippen LogP contribution in [0.3, 0.4) is 0 Å². The highest BCUT2D eigenvalue weighted by Gasteiger charge is 2.32. The molecule has 0 saturated carbocycles. The van der Waals surface area contributed by atoms with Crippen molar-refractivity contribution in [3.05, 3.63) is 54.1 Å². The first-order valence-electron chi connectivity index (χ1n) is 7.43. The summed E-state index contributed by atoms with van der Waals surface area (Å²) in [7, 11) is 1.66. The molecule has 1 unspecified atom stereocenters. The van der Waals surface area contributed by atoms with Crippen LogP contribution in [0.5, 0.6) is 5.75 Å². The van der Waals surface area contributed by atoms with Gasteiger partial charge in [0.25, 0.3) is 0 Å². The zero-order valence-corrected chi connectivity index (χ0v) is 13.6. The van der Waals surface area contributed by atoms with Gasteiger partial charge in [0, 0.05) is 11.4 Å². The van der Waals surface area contributed by atoms with Crippen LogP contribution in [0.1, 0.15) is 12.5 Å². The average Bonchev–Trinajstić information content (AvgIpc) is 2.56. The number of hydrogen-bond acceptors (Lipinski definition) is 3. The molecule has 2 aromatic carbocycles. The summed E-state index contributed by atoms with van der Waals surface area (Å²) in [6.07, 6.45) is 0.734. The molecular weight excluding hydrogens is 294 g/mol. The molecule has 1 heterocycles. The summed E-state index contributed by atoms with van der Waals surface area (Å²) in [4.78, 5) is 15.8. The standard InChI is InChI=1S/C18H19NO2S/c1-3-19-15-6-4-5-7-16(15)22-17(18(19)20)12-13-8-10-14(21-2)11-9-13/h4-11,17H,3,12H2,1-2H3. The number of carbonyl (C=O) groups excluding carboxylic acids is 1. The van der Waals surface area contributed by atoms with Gasteiger partial charge in [-0.05, 0) is 43.2 Å². The monoisotopic (exact) mass is 313 g/mol. The third-order valence-corrected chi connectivity index (χ3v) is 5.12. The molecular formula is C18H19NO2S. The summed E-state index contributed by atoms with van der Waals surface area (Å²) in [5.41, 5.74) is 2.19. The van der Waals surface area contributed by atoms with Crippen LogP contribution in [0.2, 0.25) is 0 Å². The fourth-order valence-corrected chi connectivity index (χ4v) is 3.97. The summed E-state index contributed by atoms with van der Waals surface area (Å²) >= 11 is 1.67. The Morgan fingerprint density at radius 3 is 2.55 bits per heavy atom. The van der Waals surface area contributed by atoms with Crippen LogP contribution in [0, 0.1) is 0 Å². The van der Waals surface area contributed by atoms with E-state index in [2.05, 4.69) is 6.07 Å². The SMILES string of the molecule is CCN1C(=O)C(Cc2ccc(OC)cc2)Sc2ccccc21. The second-order valence-electron chi connectivity index (χ2n) is 5.21. The Morgan fingerprint density at radius 1 is 1.14 bits per heavy atom. The Bertz CT molecular complexity index is 669. The molecule has 1 atom stereocenters. The van der Waals surface area contributed by atoms with Crippen LogP contribution < -0.4 is 9.64 Å². The second-order valence-corrected chi connectivity index (χ2v) is 6.45. The number of hydrogen-bond donors (Lipinski definition) is 0. The van der Waals surface area contributed by atoms with Gasteiger partial charge in [-0.15, -0.1) is 11.8 Å². The van der Waals surface area contributed by atoms with Crippen LogP contribution in [0.4, 0.5) is 5.69 Å². The first-order valence-corrected chi connectivity index (χ1v) is 8.31. The molecule has 114 valence electrons. The number of fused-ring (bicyclic) bond motifs is 1. The van der Waals surface area contributed by atoms with Gasteiger partial charge >= 0.3 is 0 Å². The Morgan fingerprint density at radius 2 is 1.86 bits per heavy atom. The number of thioether (sulfide) groups is 1. The van der Waals surface area contributed by atoms with E-state index < -0.39 is 0 Å². The predicted octanol–water partition coefficient (Wildman–Crippen LogP) is 3.77. The molecule has 0 N–H and O–H groups in total. The highest BCUT2D eigenvalue weighted by atomic mass is 32.2. The quantitative estimate of drug-likeness (QED) is 0.860. The van der Waals surface area contributed by atoms with Crippen LogP contribution in [0.25, 0.3) is 0 Å². The summed E-state index contributed by atoms with van der Waals surface area (Å²) in [5, 5.41) is -0.0664. The van der Waals surface area contributed by atoms with Gasteiger partial charge in [-0.3, -0.25) is 4.79 Å². The van der Waals surface area contributed by atoms with Crippen molar-refractivity contribution in [3.63, 3.8) is 0 Å². The number of anilines is 1. The van der Waals surface area contributed by atoms with Crippen molar-refractivity contribution < 1.29 is 9.53 Å². The number of para-hydroxylation sites is 1. The van der Waals surface area contributed by atoms with E-state index in [1.165, 1.54) is 4.90 Å². The van der Waals surface area contributed by atoms with E-state index in [4.69, 9.17) is 4.74 Å². The summed E-state index contributed by atoms with van der Waals surface area (Å²) in [5.74, 6) is 1.04. The number of rotatable bonds is 4. The molecule has 4 heteroatoms. The molecule has 3 rings (SSSR count). The zero-order valence-electron chi connectivity index (χ0n) is 12.8. The molecule has 0 radical (unpaired) electrons. The minimum Gasteiger partial charge on any atom is -0.497 e. The van der Waals surface area contributed by atoms with E-state index in [1.54, 1.807) is 18.9 Å². The third kappa shape index (κ3) is 2.83. The van der Waals surface area contributed by atoms with Gasteiger partial charge < -0.3 is 9.64 Å². The second kappa shape index (κ2) is 6.44. The van der Waals surface area contributed by atoms with Gasteiger partial charge in [-0.25, -0.2) is 0 Å². The lowest BCUT2D eigenvalue weighted by molar-refractivity contribution is -0.118. The minimum absolute atomic E-state index is 0.0664. The van der Waals surface area contributed by atoms with E-state index in [0.717, 1.165) is 23.4 Å². The van der Waals surface area contributed by atoms with E-state index in [9.17, 15) is 4.79 Å². The fraction of sp³-hybridized carbons (Fsp3) is 0.278. The summed E-state index contributed by atoms with van der Waals surface area (Å²) in [6.45, 7) is 2.73. The number of ether oxygens (including phenoxy) is 1. The highest BCUT2D eigenvalue weighted by molar-refractivity contribution is 8.01. The first kappa shape index (κ1) is 15.0. The van der Waals surface area contributed by atoms with Crippen molar-refractivity contribution in [2.24, 2.45) is 0 Å². The number of carbonyl (C=O) groups is 1. The van der Waals surface area contributed by atoms with Gasteiger partial charge in [-0.2, -0.15) is 0 Å². The van der Waals surface area contributed by atoms with Crippen molar-refractivity contribution in [3.8, 4) is 5.75 Å². The van der Waals surface area contributed by atoms with E-state index in [1.807, 2.05) is 54.3 Å². The number of amides is 1. The van der Waals surface area contributed by atoms with Crippen molar-refractivity contribution in [1.29, 1.82) is 0 Å². The van der Waals surface area contributed by atoms with Crippen molar-refractivity contribution in [1.82, 2.24) is 0 Å². The van der Waals surface area contributed by atoms with Gasteiger partial charge in [0.05, 0.1) is 18.0 Å². The maximum absolute atomic E-state index is 12.7. The van der Waals surface area contributed by atoms with Gasteiger partial charge in [-0.1, -0.05) is 24.3 Å². The average molecular weight is 313 g/mol. The van der Waals surface area contributed by atoms with Crippen molar-refractivity contribution in [2.45, 2.75) is 23.5 Å². The van der Waals surface area contributed by atoms with Crippen LogP contribution in [0.15, 0.2) is 53.4 Å². The molecule has 1 aliphatic heterocycles. The van der Waals surface area contributed by atoms with Crippen molar-refractivity contribution >= 4 is 23.4 Å². The first-order chi connectivity index (χ1) is 10.7. The molecule has 3 nitrogen and oxygen atoms in total. The van der Waals surface area contributed by atoms with E-state index in [0.29, 0.717) is 6.54 Å². The topological polar surface area (TPSA) is 29.5 Å². The Balaban J connectivity index is 1.84. The molecule has 2 aromatic rings. The smallest absolute Gasteiger partial charge is 0.240 e. The normalized spacial score (nSPS) is 17.3. The highest BCUT2D eigenvalue weighted by Crippen LogP contribution is 2.40. The van der Waals surface area contributed by atoms with Crippen LogP contribution in [-0.2, 0) is 11.2 Å². The molecule has 0 spiro atoms. The molecule has 1 amide bonds. The van der Waals surface area contributed by atoms with Crippen LogP contribution >= 0.6 is 11.8 Å². The molecule has 0 bridgehead atoms. The zero-order chi connectivity index (χ0) is 15.5. The van der Waals surface area contributed by atoms with Gasteiger partial charge in [0.2, 0.25) is 5.91 Å². The Kier molecular flexibility index (Phi) is 4.39. The maximum atomic E-state index is 12.7. The maximum Gasteiger partial charge on any atom is 0.240 e. The van der Waals surface area contributed by atoms with Gasteiger partial charge in [0.1, 0.15) is 5.75 Å². The lowest BCUT2D eigenvalue weighted by atomic mass is 10.1. The van der Waals surface area contributed by atoms with E-state index in [-0.39, 0.29) is 11.2 Å². The molecule has 0 aliphatic carbocycles. The lowest BCUT2D eigenvalue weighted by Crippen LogP contribution is -2.41. The number of methoxy groups -OCH3 is 1. The van der Waals surface area contributed by atoms with Crippen molar-refractivity contribution in [2.75, 3.05) is 18.6 Å². The molecule has 1 aliphatic rings. The fourth-order valence-electron chi connectivity index (χ4n) is 2.71. The van der Waals surface area contributed by atoms with Gasteiger partial charge in [0.15, 0.2) is 0 Å². The summed E-state index contributed by atoms with van der Waals surface area (Å²) < 4.78 is 5.18. The Hall–Kier alpha value is -1.94. The minimum atomic E-state index is -0.0664. The van der Waals surface area contributed by atoms with Crippen LogP contribution in [-0.4, -0.2) is 24.8 Å². The van der Waals surface area contributed by atoms with E-state index >= 15 is 0 Å².